The molecule has 1 N–H and O–H groups in total. The third-order valence-corrected chi connectivity index (χ3v) is 4.42. The zero-order valence-corrected chi connectivity index (χ0v) is 16.9. The van der Waals surface area contributed by atoms with Crippen molar-refractivity contribution >= 4 is 23.6 Å². The van der Waals surface area contributed by atoms with Crippen LogP contribution in [0, 0.1) is 13.8 Å². The van der Waals surface area contributed by atoms with Crippen molar-refractivity contribution < 1.29 is 14.3 Å². The fourth-order valence-electron chi connectivity index (χ4n) is 2.54. The number of benzene rings is 1. The van der Waals surface area contributed by atoms with Gasteiger partial charge in [0.25, 0.3) is 0 Å². The van der Waals surface area contributed by atoms with Crippen LogP contribution in [-0.4, -0.2) is 33.7 Å². The Kier molecular flexibility index (Phi) is 7.79. The van der Waals surface area contributed by atoms with Crippen LogP contribution in [-0.2, 0) is 14.3 Å². The van der Waals surface area contributed by atoms with Gasteiger partial charge in [0.05, 0.1) is 24.3 Å². The maximum absolute atomic E-state index is 12.4. The molecule has 1 heterocycles. The largest absolute Gasteiger partial charge is 0.463 e. The molecule has 0 aliphatic heterocycles. The van der Waals surface area contributed by atoms with E-state index in [0.29, 0.717) is 5.16 Å². The van der Waals surface area contributed by atoms with Crippen LogP contribution in [0.4, 0.5) is 0 Å². The number of rotatable bonds is 8. The number of nitrogens with one attached hydrogen (secondary N) is 1. The van der Waals surface area contributed by atoms with Gasteiger partial charge in [-0.1, -0.05) is 42.1 Å². The molecule has 0 radical (unpaired) electrons. The molecule has 1 amide bonds. The molecule has 0 fully saturated rings. The Bertz CT molecular complexity index is 761. The van der Waals surface area contributed by atoms with Gasteiger partial charge in [-0.05, 0) is 39.3 Å². The highest BCUT2D eigenvalue weighted by Gasteiger charge is 2.20. The minimum atomic E-state index is -0.439. The third-order valence-electron chi connectivity index (χ3n) is 3.57. The molecule has 144 valence electrons. The normalized spacial score (nSPS) is 11.9. The summed E-state index contributed by atoms with van der Waals surface area (Å²) in [6.07, 6.45) is -0.111. The zero-order valence-electron chi connectivity index (χ0n) is 16.1. The summed E-state index contributed by atoms with van der Waals surface area (Å²) in [7, 11) is 0. The van der Waals surface area contributed by atoms with E-state index in [1.807, 2.05) is 50.2 Å². The first-order valence-electron chi connectivity index (χ1n) is 8.82. The third kappa shape index (κ3) is 7.38. The molecule has 1 atom stereocenters. The van der Waals surface area contributed by atoms with E-state index in [0.717, 1.165) is 17.0 Å². The van der Waals surface area contributed by atoms with Gasteiger partial charge in [-0.3, -0.25) is 9.59 Å². The first-order valence-corrected chi connectivity index (χ1v) is 9.81. The molecule has 1 aromatic heterocycles. The van der Waals surface area contributed by atoms with E-state index in [1.165, 1.54) is 11.8 Å². The van der Waals surface area contributed by atoms with Crippen LogP contribution in [0.2, 0.25) is 0 Å². The minimum Gasteiger partial charge on any atom is -0.463 e. The van der Waals surface area contributed by atoms with E-state index >= 15 is 0 Å². The van der Waals surface area contributed by atoms with Gasteiger partial charge in [0.1, 0.15) is 0 Å². The molecule has 0 saturated carbocycles. The van der Waals surface area contributed by atoms with E-state index in [9.17, 15) is 9.59 Å². The lowest BCUT2D eigenvalue weighted by molar-refractivity contribution is -0.148. The van der Waals surface area contributed by atoms with Crippen molar-refractivity contribution in [3.63, 3.8) is 0 Å². The number of thioether (sulfide) groups is 1. The standard InChI is InChI=1S/C20H25N3O3S/c1-13(2)26-19(25)11-17(16-8-6-5-7-9-16)23-18(24)12-27-20-21-14(3)10-15(4)22-20/h5-10,13,17H,11-12H2,1-4H3,(H,23,24). The number of amides is 1. The van der Waals surface area contributed by atoms with Gasteiger partial charge in [-0.2, -0.15) is 0 Å². The molecular formula is C20H25N3O3S. The smallest absolute Gasteiger partial charge is 0.308 e. The Balaban J connectivity index is 2.00. The van der Waals surface area contributed by atoms with E-state index in [-0.39, 0.29) is 30.2 Å². The molecule has 6 nitrogen and oxygen atoms in total. The number of carbonyl (C=O) groups excluding carboxylic acids is 2. The van der Waals surface area contributed by atoms with E-state index in [1.54, 1.807) is 13.8 Å². The van der Waals surface area contributed by atoms with Crippen molar-refractivity contribution in [1.82, 2.24) is 15.3 Å². The summed E-state index contributed by atoms with van der Waals surface area (Å²) in [6, 6.07) is 10.9. The van der Waals surface area contributed by atoms with Crippen LogP contribution in [0.1, 0.15) is 43.3 Å². The first-order chi connectivity index (χ1) is 12.8. The second kappa shape index (κ2) is 10.1. The highest BCUT2D eigenvalue weighted by molar-refractivity contribution is 7.99. The number of aryl methyl sites for hydroxylation is 2. The predicted molar refractivity (Wildman–Crippen MR) is 105 cm³/mol. The number of carbonyl (C=O) groups is 2. The van der Waals surface area contributed by atoms with Crippen LogP contribution in [0.15, 0.2) is 41.6 Å². The molecule has 1 aromatic carbocycles. The molecule has 2 rings (SSSR count). The highest BCUT2D eigenvalue weighted by Crippen LogP contribution is 2.19. The van der Waals surface area contributed by atoms with E-state index < -0.39 is 6.04 Å². The van der Waals surface area contributed by atoms with Crippen LogP contribution >= 0.6 is 11.8 Å². The van der Waals surface area contributed by atoms with Gasteiger partial charge < -0.3 is 10.1 Å². The highest BCUT2D eigenvalue weighted by atomic mass is 32.2. The maximum Gasteiger partial charge on any atom is 0.308 e. The zero-order chi connectivity index (χ0) is 19.8. The SMILES string of the molecule is Cc1cc(C)nc(SCC(=O)NC(CC(=O)OC(C)C)c2ccccc2)n1. The molecular weight excluding hydrogens is 362 g/mol. The molecule has 0 spiro atoms. The van der Waals surface area contributed by atoms with Crippen molar-refractivity contribution in [2.75, 3.05) is 5.75 Å². The Morgan fingerprint density at radius 2 is 1.74 bits per heavy atom. The van der Waals surface area contributed by atoms with Crippen LogP contribution in [0.3, 0.4) is 0 Å². The fraction of sp³-hybridized carbons (Fsp3) is 0.400. The quantitative estimate of drug-likeness (QED) is 0.425. The van der Waals surface area contributed by atoms with Crippen LogP contribution in [0.25, 0.3) is 0 Å². The molecule has 7 heteroatoms. The van der Waals surface area contributed by atoms with Crippen molar-refractivity contribution in [3.05, 3.63) is 53.3 Å². The molecule has 0 aliphatic carbocycles. The van der Waals surface area contributed by atoms with Crippen molar-refractivity contribution in [1.29, 1.82) is 0 Å². The Morgan fingerprint density at radius 1 is 1.11 bits per heavy atom. The Hall–Kier alpha value is -2.41. The lowest BCUT2D eigenvalue weighted by Gasteiger charge is -2.19. The summed E-state index contributed by atoms with van der Waals surface area (Å²) in [5.74, 6) is -0.357. The number of esters is 1. The predicted octanol–water partition coefficient (Wildman–Crippen LogP) is 3.38. The average Bonchev–Trinajstić information content (AvgIpc) is 2.58. The molecule has 27 heavy (non-hydrogen) atoms. The second-order valence-electron chi connectivity index (χ2n) is 6.50. The number of aromatic nitrogens is 2. The van der Waals surface area contributed by atoms with Gasteiger partial charge >= 0.3 is 5.97 Å². The summed E-state index contributed by atoms with van der Waals surface area (Å²) in [5, 5.41) is 3.49. The maximum atomic E-state index is 12.4. The van der Waals surface area contributed by atoms with Gasteiger partial charge in [-0.15, -0.1) is 0 Å². The van der Waals surface area contributed by atoms with Gasteiger partial charge in [-0.25, -0.2) is 9.97 Å². The topological polar surface area (TPSA) is 81.2 Å². The molecule has 0 bridgehead atoms. The second-order valence-corrected chi connectivity index (χ2v) is 7.44. The van der Waals surface area contributed by atoms with Gasteiger partial charge in [0, 0.05) is 11.4 Å². The van der Waals surface area contributed by atoms with E-state index in [4.69, 9.17) is 4.74 Å². The van der Waals surface area contributed by atoms with Crippen LogP contribution in [0.5, 0.6) is 0 Å². The number of hydrogen-bond donors (Lipinski definition) is 1. The number of nitrogens with zero attached hydrogens (tertiary/aromatic N) is 2. The van der Waals surface area contributed by atoms with E-state index in [2.05, 4.69) is 15.3 Å². The van der Waals surface area contributed by atoms with Gasteiger partial charge in [0.15, 0.2) is 5.16 Å². The average molecular weight is 388 g/mol. The molecule has 0 aliphatic rings. The molecule has 1 unspecified atom stereocenters. The summed E-state index contributed by atoms with van der Waals surface area (Å²) < 4.78 is 5.22. The lowest BCUT2D eigenvalue weighted by Crippen LogP contribution is -2.32. The molecule has 0 saturated heterocycles. The summed E-state index contributed by atoms with van der Waals surface area (Å²) in [6.45, 7) is 7.39. The molecule has 2 aromatic rings. The minimum absolute atomic E-state index is 0.0820. The van der Waals surface area contributed by atoms with Crippen LogP contribution < -0.4 is 5.32 Å². The fourth-order valence-corrected chi connectivity index (χ4v) is 3.30. The van der Waals surface area contributed by atoms with Crippen molar-refractivity contribution in [3.8, 4) is 0 Å². The number of hydrogen-bond acceptors (Lipinski definition) is 6. The first kappa shape index (κ1) is 20.9. The van der Waals surface area contributed by atoms with Crippen molar-refractivity contribution in [2.24, 2.45) is 0 Å². The van der Waals surface area contributed by atoms with Crippen molar-refractivity contribution in [2.45, 2.75) is 51.4 Å². The summed E-state index contributed by atoms with van der Waals surface area (Å²) >= 11 is 1.27. The Morgan fingerprint density at radius 3 is 2.33 bits per heavy atom. The summed E-state index contributed by atoms with van der Waals surface area (Å²) in [5.41, 5.74) is 2.59. The van der Waals surface area contributed by atoms with Gasteiger partial charge in [0.2, 0.25) is 5.91 Å². The summed E-state index contributed by atoms with van der Waals surface area (Å²) in [4.78, 5) is 33.2. The Labute approximate surface area is 164 Å². The number of ether oxygens (including phenoxy) is 1. The monoisotopic (exact) mass is 387 g/mol. The lowest BCUT2D eigenvalue weighted by atomic mass is 10.0.